The molecule has 3 heterocycles. The first kappa shape index (κ1) is 27.0. The van der Waals surface area contributed by atoms with Crippen molar-refractivity contribution >= 4 is 33.2 Å². The van der Waals surface area contributed by atoms with E-state index >= 15 is 0 Å². The van der Waals surface area contributed by atoms with Gasteiger partial charge in [-0.1, -0.05) is 121 Å². The standard InChI is InChI=1S/C43H30N4/c44-29-30-25-27-32(28-26-30)43(31-13-2-1-3-14-31)35-17-6-10-21-39(35)47(40-22-11-7-18-36(40)43)42-24-12-23-41(45-42)46-37-19-8-4-15-33(37)34-16-5-9-20-38(34)46/h1-28,41,45H. The average molecular weight is 603 g/mol. The van der Waals surface area contributed by atoms with Crippen LogP contribution in [0.25, 0.3) is 21.8 Å². The van der Waals surface area contributed by atoms with Crippen LogP contribution in [0.2, 0.25) is 0 Å². The molecule has 222 valence electrons. The molecule has 0 saturated carbocycles. The maximum absolute atomic E-state index is 9.64. The number of fused-ring (bicyclic) bond motifs is 5. The lowest BCUT2D eigenvalue weighted by molar-refractivity contribution is 0.546. The number of allylic oxidation sites excluding steroid dienone is 2. The number of para-hydroxylation sites is 4. The van der Waals surface area contributed by atoms with E-state index in [0.29, 0.717) is 5.56 Å². The van der Waals surface area contributed by atoms with E-state index in [9.17, 15) is 5.26 Å². The second-order valence-electron chi connectivity index (χ2n) is 12.1. The molecule has 2 aliphatic rings. The summed E-state index contributed by atoms with van der Waals surface area (Å²) in [5.41, 5.74) is 9.31. The highest BCUT2D eigenvalue weighted by Gasteiger charge is 2.46. The number of nitrogens with one attached hydrogen (secondary N) is 1. The molecule has 4 nitrogen and oxygen atoms in total. The topological polar surface area (TPSA) is 44.0 Å². The molecule has 1 aromatic heterocycles. The van der Waals surface area contributed by atoms with Crippen LogP contribution < -0.4 is 10.2 Å². The van der Waals surface area contributed by atoms with E-state index < -0.39 is 5.41 Å². The van der Waals surface area contributed by atoms with Gasteiger partial charge in [-0.05, 0) is 70.8 Å². The molecular formula is C43H30N4. The summed E-state index contributed by atoms with van der Waals surface area (Å²) in [5.74, 6) is 1.00. The van der Waals surface area contributed by atoms with Gasteiger partial charge in [-0.2, -0.15) is 5.26 Å². The molecule has 0 bridgehead atoms. The Balaban J connectivity index is 1.25. The molecule has 1 unspecified atom stereocenters. The third kappa shape index (κ3) is 3.94. The summed E-state index contributed by atoms with van der Waals surface area (Å²) in [5, 5.41) is 16.1. The molecule has 1 N–H and O–H groups in total. The van der Waals surface area contributed by atoms with Gasteiger partial charge in [0.25, 0.3) is 0 Å². The summed E-state index contributed by atoms with van der Waals surface area (Å²) >= 11 is 0. The smallest absolute Gasteiger partial charge is 0.124 e. The van der Waals surface area contributed by atoms with Crippen molar-refractivity contribution in [3.63, 3.8) is 0 Å². The van der Waals surface area contributed by atoms with E-state index in [1.165, 1.54) is 38.5 Å². The zero-order valence-electron chi connectivity index (χ0n) is 25.6. The minimum Gasteiger partial charge on any atom is -0.347 e. The maximum atomic E-state index is 9.64. The minimum absolute atomic E-state index is 0.0987. The number of hydrogen-bond donors (Lipinski definition) is 1. The predicted molar refractivity (Wildman–Crippen MR) is 190 cm³/mol. The van der Waals surface area contributed by atoms with Crippen molar-refractivity contribution in [3.05, 3.63) is 204 Å². The summed E-state index contributed by atoms with van der Waals surface area (Å²) in [6.45, 7) is 0. The number of rotatable bonds is 4. The van der Waals surface area contributed by atoms with Crippen molar-refractivity contribution in [2.75, 3.05) is 4.90 Å². The Kier molecular flexibility index (Phi) is 6.13. The maximum Gasteiger partial charge on any atom is 0.124 e. The van der Waals surface area contributed by atoms with Gasteiger partial charge in [0.2, 0.25) is 0 Å². The highest BCUT2D eigenvalue weighted by atomic mass is 15.3. The van der Waals surface area contributed by atoms with Crippen LogP contribution >= 0.6 is 0 Å². The second-order valence-corrected chi connectivity index (χ2v) is 12.1. The van der Waals surface area contributed by atoms with E-state index in [1.54, 1.807) is 0 Å². The molecule has 0 saturated heterocycles. The van der Waals surface area contributed by atoms with E-state index in [0.717, 1.165) is 22.8 Å². The number of benzene rings is 6. The van der Waals surface area contributed by atoms with Crippen LogP contribution in [0.4, 0.5) is 11.4 Å². The van der Waals surface area contributed by atoms with Crippen molar-refractivity contribution in [2.45, 2.75) is 11.6 Å². The summed E-state index contributed by atoms with van der Waals surface area (Å²) in [6, 6.07) is 55.9. The van der Waals surface area contributed by atoms with Crippen LogP contribution in [0, 0.1) is 11.3 Å². The fourth-order valence-corrected chi connectivity index (χ4v) is 7.82. The molecule has 0 fully saturated rings. The molecule has 1 atom stereocenters. The van der Waals surface area contributed by atoms with Crippen LogP contribution in [0.15, 0.2) is 176 Å². The zero-order valence-corrected chi connectivity index (χ0v) is 25.6. The lowest BCUT2D eigenvalue weighted by Crippen LogP contribution is -2.42. The largest absolute Gasteiger partial charge is 0.347 e. The lowest BCUT2D eigenvalue weighted by atomic mass is 9.62. The van der Waals surface area contributed by atoms with Gasteiger partial charge < -0.3 is 9.88 Å². The summed E-state index contributed by atoms with van der Waals surface area (Å²) in [4.78, 5) is 2.37. The monoisotopic (exact) mass is 602 g/mol. The van der Waals surface area contributed by atoms with Crippen LogP contribution in [0.1, 0.15) is 34.0 Å². The molecule has 7 aromatic rings. The first-order valence-electron chi connectivity index (χ1n) is 16.0. The molecular weight excluding hydrogens is 573 g/mol. The van der Waals surface area contributed by atoms with Crippen molar-refractivity contribution < 1.29 is 0 Å². The SMILES string of the molecule is N#Cc1ccc(C2(c3ccccc3)c3ccccc3N(C3=CC=CC(n4c5ccccc5c5ccccc54)N3)c3ccccc32)cc1. The van der Waals surface area contributed by atoms with Gasteiger partial charge in [0.15, 0.2) is 0 Å². The molecule has 0 spiro atoms. The molecule has 0 amide bonds. The van der Waals surface area contributed by atoms with Gasteiger partial charge >= 0.3 is 0 Å². The second kappa shape index (κ2) is 10.7. The lowest BCUT2D eigenvalue weighted by Gasteiger charge is -2.47. The Morgan fingerprint density at radius 2 is 1.11 bits per heavy atom. The molecule has 0 aliphatic carbocycles. The minimum atomic E-state index is -0.601. The van der Waals surface area contributed by atoms with Crippen LogP contribution in [-0.2, 0) is 5.41 Å². The van der Waals surface area contributed by atoms with Crippen molar-refractivity contribution in [1.29, 1.82) is 5.26 Å². The Morgan fingerprint density at radius 3 is 1.72 bits per heavy atom. The van der Waals surface area contributed by atoms with Crippen molar-refractivity contribution in [2.24, 2.45) is 0 Å². The first-order chi connectivity index (χ1) is 23.3. The Labute approximate surface area is 273 Å². The quantitative estimate of drug-likeness (QED) is 0.218. The Bertz CT molecular complexity index is 2310. The van der Waals surface area contributed by atoms with Gasteiger partial charge in [-0.15, -0.1) is 0 Å². The van der Waals surface area contributed by atoms with E-state index in [-0.39, 0.29) is 6.17 Å². The van der Waals surface area contributed by atoms with E-state index in [2.05, 4.69) is 179 Å². The molecule has 0 radical (unpaired) electrons. The van der Waals surface area contributed by atoms with Crippen LogP contribution in [0.5, 0.6) is 0 Å². The van der Waals surface area contributed by atoms with Gasteiger partial charge in [-0.25, -0.2) is 0 Å². The van der Waals surface area contributed by atoms with Gasteiger partial charge in [0.1, 0.15) is 12.0 Å². The number of aromatic nitrogens is 1. The summed E-state index contributed by atoms with van der Waals surface area (Å²) in [6.07, 6.45) is 6.48. The molecule has 2 aliphatic heterocycles. The number of dihydropyridines is 1. The third-order valence-corrected chi connectivity index (χ3v) is 9.73. The van der Waals surface area contributed by atoms with Gasteiger partial charge in [0, 0.05) is 10.8 Å². The Hall–Kier alpha value is -6.31. The average Bonchev–Trinajstić information content (AvgIpc) is 3.49. The molecule has 47 heavy (non-hydrogen) atoms. The number of anilines is 2. The van der Waals surface area contributed by atoms with Crippen molar-refractivity contribution in [3.8, 4) is 6.07 Å². The fraction of sp³-hybridized carbons (Fsp3) is 0.0465. The van der Waals surface area contributed by atoms with Crippen molar-refractivity contribution in [1.82, 2.24) is 9.88 Å². The predicted octanol–water partition coefficient (Wildman–Crippen LogP) is 9.70. The Morgan fingerprint density at radius 1 is 0.574 bits per heavy atom. The summed E-state index contributed by atoms with van der Waals surface area (Å²) in [7, 11) is 0. The number of nitriles is 1. The fourth-order valence-electron chi connectivity index (χ4n) is 7.82. The van der Waals surface area contributed by atoms with E-state index in [1.807, 2.05) is 12.1 Å². The van der Waals surface area contributed by atoms with E-state index in [4.69, 9.17) is 0 Å². The zero-order chi connectivity index (χ0) is 31.4. The highest BCUT2D eigenvalue weighted by Crippen LogP contribution is 2.56. The molecule has 6 aromatic carbocycles. The number of nitrogens with zero attached hydrogens (tertiary/aromatic N) is 3. The summed E-state index contributed by atoms with van der Waals surface area (Å²) < 4.78 is 2.40. The van der Waals surface area contributed by atoms with Gasteiger partial charge in [0.05, 0.1) is 39.5 Å². The molecule has 9 rings (SSSR count). The van der Waals surface area contributed by atoms with Crippen LogP contribution in [-0.4, -0.2) is 4.57 Å². The van der Waals surface area contributed by atoms with Crippen LogP contribution in [0.3, 0.4) is 0 Å². The highest BCUT2D eigenvalue weighted by molar-refractivity contribution is 6.08. The third-order valence-electron chi connectivity index (χ3n) is 9.73. The molecule has 4 heteroatoms. The number of hydrogen-bond acceptors (Lipinski definition) is 3. The normalized spacial score (nSPS) is 16.2. The van der Waals surface area contributed by atoms with Gasteiger partial charge in [-0.3, -0.25) is 4.90 Å². The first-order valence-corrected chi connectivity index (χ1v) is 16.0.